The Bertz CT molecular complexity index is 654. The van der Waals surface area contributed by atoms with Crippen molar-refractivity contribution in [1.82, 2.24) is 10.2 Å². The molecule has 4 N–H and O–H groups in total. The van der Waals surface area contributed by atoms with E-state index in [9.17, 15) is 5.11 Å². The van der Waals surface area contributed by atoms with Crippen LogP contribution in [0.15, 0.2) is 34.7 Å². The van der Waals surface area contributed by atoms with Crippen molar-refractivity contribution in [3.05, 3.63) is 30.3 Å². The molecule has 0 aliphatic carbocycles. The zero-order chi connectivity index (χ0) is 11.1. The number of aromatic amines is 1. The van der Waals surface area contributed by atoms with Crippen molar-refractivity contribution in [1.29, 1.82) is 0 Å². The highest BCUT2D eigenvalue weighted by Gasteiger charge is 2.08. The van der Waals surface area contributed by atoms with Crippen LogP contribution in [0.5, 0.6) is 5.75 Å². The third-order valence-corrected chi connectivity index (χ3v) is 2.36. The van der Waals surface area contributed by atoms with Crippen molar-refractivity contribution in [3.63, 3.8) is 0 Å². The van der Waals surface area contributed by atoms with Crippen LogP contribution in [0.2, 0.25) is 0 Å². The molecule has 5 heteroatoms. The predicted octanol–water partition coefficient (Wildman–Crippen LogP) is 2.11. The minimum atomic E-state index is 0.212. The monoisotopic (exact) mass is 215 g/mol. The number of phenols is 1. The third kappa shape index (κ3) is 1.30. The molecule has 2 aromatic heterocycles. The van der Waals surface area contributed by atoms with E-state index in [1.807, 2.05) is 6.07 Å². The van der Waals surface area contributed by atoms with Gasteiger partial charge in [0.25, 0.3) is 0 Å². The molecule has 1 aromatic carbocycles. The fraction of sp³-hybridized carbons (Fsp3) is 0. The average molecular weight is 215 g/mol. The number of fused-ring (bicyclic) bond motifs is 1. The topological polar surface area (TPSA) is 88.1 Å². The van der Waals surface area contributed by atoms with E-state index >= 15 is 0 Å². The van der Waals surface area contributed by atoms with Crippen LogP contribution in [0, 0.1) is 0 Å². The van der Waals surface area contributed by atoms with E-state index in [1.165, 1.54) is 0 Å². The minimum absolute atomic E-state index is 0.212. The lowest BCUT2D eigenvalue weighted by atomic mass is 10.2. The van der Waals surface area contributed by atoms with Crippen molar-refractivity contribution in [2.45, 2.75) is 0 Å². The largest absolute Gasteiger partial charge is 0.508 e. The van der Waals surface area contributed by atoms with Gasteiger partial charge < -0.3 is 15.3 Å². The molecule has 80 valence electrons. The Kier molecular flexibility index (Phi) is 1.67. The van der Waals surface area contributed by atoms with Gasteiger partial charge in [-0.2, -0.15) is 5.10 Å². The molecule has 0 radical (unpaired) electrons. The molecule has 0 bridgehead atoms. The van der Waals surface area contributed by atoms with Crippen LogP contribution in [0.25, 0.3) is 22.4 Å². The lowest BCUT2D eigenvalue weighted by Crippen LogP contribution is -1.81. The first-order valence-electron chi connectivity index (χ1n) is 4.76. The normalized spacial score (nSPS) is 11.0. The van der Waals surface area contributed by atoms with Crippen LogP contribution < -0.4 is 5.73 Å². The van der Waals surface area contributed by atoms with Gasteiger partial charge in [-0.25, -0.2) is 0 Å². The first-order valence-corrected chi connectivity index (χ1v) is 4.76. The summed E-state index contributed by atoms with van der Waals surface area (Å²) in [5.74, 6) is 1.27. The molecule has 0 saturated carbocycles. The summed E-state index contributed by atoms with van der Waals surface area (Å²) in [5, 5.41) is 16.8. The highest BCUT2D eigenvalue weighted by atomic mass is 16.3. The van der Waals surface area contributed by atoms with Crippen LogP contribution in [0.1, 0.15) is 0 Å². The molecule has 0 spiro atoms. The van der Waals surface area contributed by atoms with Crippen molar-refractivity contribution in [3.8, 4) is 17.2 Å². The first kappa shape index (κ1) is 8.84. The van der Waals surface area contributed by atoms with E-state index in [0.29, 0.717) is 22.9 Å². The van der Waals surface area contributed by atoms with Crippen molar-refractivity contribution < 1.29 is 9.52 Å². The number of H-pyrrole nitrogens is 1. The molecule has 16 heavy (non-hydrogen) atoms. The Hall–Kier alpha value is -2.43. The van der Waals surface area contributed by atoms with Crippen LogP contribution in [0.4, 0.5) is 5.82 Å². The van der Waals surface area contributed by atoms with E-state index in [1.54, 1.807) is 24.3 Å². The molecule has 0 aliphatic heterocycles. The van der Waals surface area contributed by atoms with E-state index in [0.717, 1.165) is 5.39 Å². The maximum absolute atomic E-state index is 9.33. The number of phenolic OH excluding ortho intramolecular Hbond substituents is 1. The number of aromatic nitrogens is 2. The molecular formula is C11H9N3O2. The summed E-state index contributed by atoms with van der Waals surface area (Å²) in [6.07, 6.45) is 0. The molecule has 0 unspecified atom stereocenters. The second-order valence-corrected chi connectivity index (χ2v) is 3.54. The Balaban J connectivity index is 2.18. The Labute approximate surface area is 90.5 Å². The molecule has 5 nitrogen and oxygen atoms in total. The zero-order valence-corrected chi connectivity index (χ0v) is 8.27. The SMILES string of the molecule is Nc1cc(-c2cc3cc(O)ccc3o2)[nH]n1. The number of benzene rings is 1. The lowest BCUT2D eigenvalue weighted by Gasteiger charge is -1.89. The molecule has 2 heterocycles. The van der Waals surface area contributed by atoms with Crippen molar-refractivity contribution in [2.24, 2.45) is 0 Å². The third-order valence-electron chi connectivity index (χ3n) is 2.36. The summed E-state index contributed by atoms with van der Waals surface area (Å²) in [5.41, 5.74) is 6.94. The molecule has 3 aromatic rings. The van der Waals surface area contributed by atoms with Crippen molar-refractivity contribution in [2.75, 3.05) is 5.73 Å². The lowest BCUT2D eigenvalue weighted by molar-refractivity contribution is 0.476. The summed E-state index contributed by atoms with van der Waals surface area (Å²) in [6, 6.07) is 8.45. The number of rotatable bonds is 1. The Morgan fingerprint density at radius 3 is 2.88 bits per heavy atom. The van der Waals surface area contributed by atoms with Crippen molar-refractivity contribution >= 4 is 16.8 Å². The molecule has 0 aliphatic rings. The van der Waals surface area contributed by atoms with E-state index in [-0.39, 0.29) is 5.75 Å². The van der Waals surface area contributed by atoms with Crippen LogP contribution >= 0.6 is 0 Å². The highest BCUT2D eigenvalue weighted by Crippen LogP contribution is 2.29. The predicted molar refractivity (Wildman–Crippen MR) is 59.9 cm³/mol. The van der Waals surface area contributed by atoms with Gasteiger partial charge in [-0.05, 0) is 24.3 Å². The molecule has 0 saturated heterocycles. The fourth-order valence-electron chi connectivity index (χ4n) is 1.63. The summed E-state index contributed by atoms with van der Waals surface area (Å²) in [4.78, 5) is 0. The maximum atomic E-state index is 9.33. The van der Waals surface area contributed by atoms with Crippen LogP contribution in [-0.4, -0.2) is 15.3 Å². The van der Waals surface area contributed by atoms with Gasteiger partial charge >= 0.3 is 0 Å². The molecule has 3 rings (SSSR count). The number of furan rings is 1. The second kappa shape index (κ2) is 3.03. The van der Waals surface area contributed by atoms with Gasteiger partial charge in [0.1, 0.15) is 22.8 Å². The van der Waals surface area contributed by atoms with Gasteiger partial charge in [-0.3, -0.25) is 5.10 Å². The van der Waals surface area contributed by atoms with Crippen LogP contribution in [-0.2, 0) is 0 Å². The van der Waals surface area contributed by atoms with Gasteiger partial charge in [0.05, 0.1) is 0 Å². The van der Waals surface area contributed by atoms with Gasteiger partial charge in [0.15, 0.2) is 5.76 Å². The molecule has 0 atom stereocenters. The summed E-state index contributed by atoms with van der Waals surface area (Å²) >= 11 is 0. The summed E-state index contributed by atoms with van der Waals surface area (Å²) in [7, 11) is 0. The summed E-state index contributed by atoms with van der Waals surface area (Å²) in [6.45, 7) is 0. The number of aromatic hydroxyl groups is 1. The minimum Gasteiger partial charge on any atom is -0.508 e. The summed E-state index contributed by atoms with van der Waals surface area (Å²) < 4.78 is 5.58. The number of hydrogen-bond donors (Lipinski definition) is 3. The Morgan fingerprint density at radius 2 is 2.12 bits per heavy atom. The van der Waals surface area contributed by atoms with Gasteiger partial charge in [-0.15, -0.1) is 0 Å². The highest BCUT2D eigenvalue weighted by molar-refractivity contribution is 5.83. The standard InChI is InChI=1S/C11H9N3O2/c12-11-5-8(13-14-11)10-4-6-3-7(15)1-2-9(6)16-10/h1-5,15H,(H3,12,13,14). The zero-order valence-electron chi connectivity index (χ0n) is 8.27. The number of anilines is 1. The molecule has 0 amide bonds. The van der Waals surface area contributed by atoms with E-state index < -0.39 is 0 Å². The van der Waals surface area contributed by atoms with E-state index in [2.05, 4.69) is 10.2 Å². The molecule has 0 fully saturated rings. The van der Waals surface area contributed by atoms with E-state index in [4.69, 9.17) is 10.2 Å². The van der Waals surface area contributed by atoms with Crippen LogP contribution in [0.3, 0.4) is 0 Å². The quantitative estimate of drug-likeness (QED) is 0.580. The molecular weight excluding hydrogens is 206 g/mol. The number of hydrogen-bond acceptors (Lipinski definition) is 4. The van der Waals surface area contributed by atoms with Gasteiger partial charge in [0, 0.05) is 11.5 Å². The Morgan fingerprint density at radius 1 is 1.25 bits per heavy atom. The van der Waals surface area contributed by atoms with Gasteiger partial charge in [-0.1, -0.05) is 0 Å². The number of nitrogens with one attached hydrogen (secondary N) is 1. The smallest absolute Gasteiger partial charge is 0.153 e. The second-order valence-electron chi connectivity index (χ2n) is 3.54. The number of nitrogens with zero attached hydrogens (tertiary/aromatic N) is 1. The van der Waals surface area contributed by atoms with Gasteiger partial charge in [0.2, 0.25) is 0 Å². The fourth-order valence-corrected chi connectivity index (χ4v) is 1.63. The maximum Gasteiger partial charge on any atom is 0.153 e. The first-order chi connectivity index (χ1) is 7.72. The number of nitrogens with two attached hydrogens (primary N) is 1. The average Bonchev–Trinajstić information content (AvgIpc) is 2.83. The number of nitrogen functional groups attached to an aromatic ring is 1.